The van der Waals surface area contributed by atoms with Gasteiger partial charge in [0, 0.05) is 26.1 Å². The SMILES string of the molecule is Cc1cc(C(C)(C)C)ccc1OCC1(O)CCOCC1. The molecule has 0 aliphatic carbocycles. The second-order valence-corrected chi connectivity index (χ2v) is 6.86. The molecule has 0 bridgehead atoms. The first-order chi connectivity index (χ1) is 9.30. The monoisotopic (exact) mass is 278 g/mol. The Morgan fingerprint density at radius 3 is 2.45 bits per heavy atom. The van der Waals surface area contributed by atoms with E-state index in [1.807, 2.05) is 6.07 Å². The molecule has 0 spiro atoms. The molecule has 0 aromatic heterocycles. The van der Waals surface area contributed by atoms with E-state index >= 15 is 0 Å². The summed E-state index contributed by atoms with van der Waals surface area (Å²) in [7, 11) is 0. The van der Waals surface area contributed by atoms with Crippen LogP contribution in [0.3, 0.4) is 0 Å². The summed E-state index contributed by atoms with van der Waals surface area (Å²) in [5, 5.41) is 10.4. The second-order valence-electron chi connectivity index (χ2n) is 6.86. The molecule has 0 radical (unpaired) electrons. The van der Waals surface area contributed by atoms with Gasteiger partial charge in [0.15, 0.2) is 0 Å². The first kappa shape index (κ1) is 15.3. The predicted octanol–water partition coefficient (Wildman–Crippen LogP) is 3.21. The Morgan fingerprint density at radius 2 is 1.90 bits per heavy atom. The van der Waals surface area contributed by atoms with Crippen LogP contribution in [-0.4, -0.2) is 30.5 Å². The molecule has 1 fully saturated rings. The van der Waals surface area contributed by atoms with E-state index in [9.17, 15) is 5.11 Å². The average Bonchev–Trinajstić information content (AvgIpc) is 2.37. The Morgan fingerprint density at radius 1 is 1.25 bits per heavy atom. The lowest BCUT2D eigenvalue weighted by molar-refractivity contribution is -0.0856. The van der Waals surface area contributed by atoms with E-state index in [4.69, 9.17) is 9.47 Å². The summed E-state index contributed by atoms with van der Waals surface area (Å²) in [6.07, 6.45) is 1.29. The van der Waals surface area contributed by atoms with Gasteiger partial charge in [-0.15, -0.1) is 0 Å². The summed E-state index contributed by atoms with van der Waals surface area (Å²) >= 11 is 0. The van der Waals surface area contributed by atoms with Crippen molar-refractivity contribution in [2.75, 3.05) is 19.8 Å². The Balaban J connectivity index is 2.03. The third kappa shape index (κ3) is 3.74. The van der Waals surface area contributed by atoms with Gasteiger partial charge in [-0.2, -0.15) is 0 Å². The summed E-state index contributed by atoms with van der Waals surface area (Å²) in [5.74, 6) is 0.859. The Labute approximate surface area is 121 Å². The van der Waals surface area contributed by atoms with Gasteiger partial charge in [-0.1, -0.05) is 32.9 Å². The molecule has 1 aliphatic heterocycles. The Hall–Kier alpha value is -1.06. The zero-order valence-electron chi connectivity index (χ0n) is 13.0. The van der Waals surface area contributed by atoms with Gasteiger partial charge in [0.1, 0.15) is 18.0 Å². The third-order valence-corrected chi connectivity index (χ3v) is 3.96. The standard InChI is InChI=1S/C17H26O3/c1-13-11-14(16(2,3)4)5-6-15(13)20-12-17(18)7-9-19-10-8-17/h5-6,11,18H,7-10,12H2,1-4H3. The molecule has 1 aromatic carbocycles. The summed E-state index contributed by atoms with van der Waals surface area (Å²) < 4.78 is 11.1. The van der Waals surface area contributed by atoms with Crippen LogP contribution in [-0.2, 0) is 10.2 Å². The predicted molar refractivity (Wildman–Crippen MR) is 80.4 cm³/mol. The van der Waals surface area contributed by atoms with Crippen LogP contribution < -0.4 is 4.74 Å². The van der Waals surface area contributed by atoms with E-state index in [0.717, 1.165) is 11.3 Å². The Bertz CT molecular complexity index is 454. The molecule has 0 saturated carbocycles. The van der Waals surface area contributed by atoms with Crippen molar-refractivity contribution in [3.8, 4) is 5.75 Å². The maximum Gasteiger partial charge on any atom is 0.122 e. The first-order valence-electron chi connectivity index (χ1n) is 7.34. The van der Waals surface area contributed by atoms with E-state index in [2.05, 4.69) is 39.8 Å². The van der Waals surface area contributed by atoms with Gasteiger partial charge in [0.25, 0.3) is 0 Å². The van der Waals surface area contributed by atoms with Gasteiger partial charge >= 0.3 is 0 Å². The van der Waals surface area contributed by atoms with E-state index in [1.165, 1.54) is 5.56 Å². The van der Waals surface area contributed by atoms with Crippen LogP contribution in [0, 0.1) is 6.92 Å². The molecule has 1 aliphatic rings. The van der Waals surface area contributed by atoms with Crippen molar-refractivity contribution in [2.45, 2.75) is 51.6 Å². The van der Waals surface area contributed by atoms with E-state index in [1.54, 1.807) is 0 Å². The molecule has 1 saturated heterocycles. The van der Waals surface area contributed by atoms with Crippen molar-refractivity contribution in [3.63, 3.8) is 0 Å². The molecule has 3 heteroatoms. The molecule has 1 N–H and O–H groups in total. The van der Waals surface area contributed by atoms with Crippen molar-refractivity contribution in [1.82, 2.24) is 0 Å². The number of aryl methyl sites for hydroxylation is 1. The molecular formula is C17H26O3. The molecule has 2 rings (SSSR count). The van der Waals surface area contributed by atoms with Crippen LogP contribution in [0.2, 0.25) is 0 Å². The Kier molecular flexibility index (Phi) is 4.40. The van der Waals surface area contributed by atoms with Gasteiger partial charge in [-0.3, -0.25) is 0 Å². The number of rotatable bonds is 3. The highest BCUT2D eigenvalue weighted by Gasteiger charge is 2.30. The van der Waals surface area contributed by atoms with Crippen LogP contribution >= 0.6 is 0 Å². The maximum atomic E-state index is 10.4. The zero-order valence-corrected chi connectivity index (χ0v) is 13.0. The van der Waals surface area contributed by atoms with Crippen molar-refractivity contribution in [2.24, 2.45) is 0 Å². The van der Waals surface area contributed by atoms with Crippen LogP contribution in [0.25, 0.3) is 0 Å². The summed E-state index contributed by atoms with van der Waals surface area (Å²) in [4.78, 5) is 0. The molecular weight excluding hydrogens is 252 g/mol. The van der Waals surface area contributed by atoms with Gasteiger partial charge in [0.05, 0.1) is 0 Å². The zero-order chi connectivity index (χ0) is 14.8. The summed E-state index contributed by atoms with van der Waals surface area (Å²) in [6, 6.07) is 6.29. The molecule has 1 heterocycles. The first-order valence-corrected chi connectivity index (χ1v) is 7.34. The van der Waals surface area contributed by atoms with E-state index < -0.39 is 5.60 Å². The van der Waals surface area contributed by atoms with E-state index in [0.29, 0.717) is 32.7 Å². The fourth-order valence-corrected chi connectivity index (χ4v) is 2.39. The molecule has 3 nitrogen and oxygen atoms in total. The maximum absolute atomic E-state index is 10.4. The highest BCUT2D eigenvalue weighted by Crippen LogP contribution is 2.29. The lowest BCUT2D eigenvalue weighted by atomic mass is 9.86. The molecule has 0 amide bonds. The number of hydrogen-bond acceptors (Lipinski definition) is 3. The van der Waals surface area contributed by atoms with Gasteiger partial charge < -0.3 is 14.6 Å². The minimum absolute atomic E-state index is 0.141. The van der Waals surface area contributed by atoms with Crippen molar-refractivity contribution < 1.29 is 14.6 Å². The number of aliphatic hydroxyl groups is 1. The summed E-state index contributed by atoms with van der Waals surface area (Å²) in [6.45, 7) is 10.2. The highest BCUT2D eigenvalue weighted by molar-refractivity contribution is 5.38. The largest absolute Gasteiger partial charge is 0.490 e. The van der Waals surface area contributed by atoms with Crippen LogP contribution in [0.1, 0.15) is 44.7 Å². The van der Waals surface area contributed by atoms with Crippen molar-refractivity contribution in [1.29, 1.82) is 0 Å². The number of benzene rings is 1. The smallest absolute Gasteiger partial charge is 0.122 e. The topological polar surface area (TPSA) is 38.7 Å². The van der Waals surface area contributed by atoms with Crippen LogP contribution in [0.5, 0.6) is 5.75 Å². The number of hydrogen-bond donors (Lipinski definition) is 1. The van der Waals surface area contributed by atoms with Crippen molar-refractivity contribution >= 4 is 0 Å². The van der Waals surface area contributed by atoms with Gasteiger partial charge in [0.2, 0.25) is 0 Å². The lowest BCUT2D eigenvalue weighted by Crippen LogP contribution is -2.41. The van der Waals surface area contributed by atoms with Gasteiger partial charge in [-0.05, 0) is 29.5 Å². The molecule has 1 aromatic rings. The van der Waals surface area contributed by atoms with Crippen LogP contribution in [0.15, 0.2) is 18.2 Å². The van der Waals surface area contributed by atoms with Crippen LogP contribution in [0.4, 0.5) is 0 Å². The molecule has 0 atom stereocenters. The lowest BCUT2D eigenvalue weighted by Gasteiger charge is -2.32. The minimum atomic E-state index is -0.743. The molecule has 112 valence electrons. The fraction of sp³-hybridized carbons (Fsp3) is 0.647. The minimum Gasteiger partial charge on any atom is -0.490 e. The van der Waals surface area contributed by atoms with Gasteiger partial charge in [-0.25, -0.2) is 0 Å². The normalized spacial score (nSPS) is 18.9. The second kappa shape index (κ2) is 5.74. The summed E-state index contributed by atoms with van der Waals surface area (Å²) in [5.41, 5.74) is 1.82. The third-order valence-electron chi connectivity index (χ3n) is 3.96. The van der Waals surface area contributed by atoms with E-state index in [-0.39, 0.29) is 5.41 Å². The van der Waals surface area contributed by atoms with Crippen molar-refractivity contribution in [3.05, 3.63) is 29.3 Å². The molecule has 0 unspecified atom stereocenters. The fourth-order valence-electron chi connectivity index (χ4n) is 2.39. The quantitative estimate of drug-likeness (QED) is 0.922. The average molecular weight is 278 g/mol. The molecule has 20 heavy (non-hydrogen) atoms. The number of ether oxygens (including phenoxy) is 2. The highest BCUT2D eigenvalue weighted by atomic mass is 16.5.